The molecule has 1 atom stereocenters. The Bertz CT molecular complexity index is 1120. The zero-order valence-corrected chi connectivity index (χ0v) is 17.5. The number of amides is 2. The molecule has 5 rings (SSSR count). The molecule has 30 heavy (non-hydrogen) atoms. The van der Waals surface area contributed by atoms with Gasteiger partial charge < -0.3 is 14.6 Å². The molecule has 0 saturated carbocycles. The Labute approximate surface area is 175 Å². The van der Waals surface area contributed by atoms with Crippen LogP contribution in [0.2, 0.25) is 0 Å². The number of fused-ring (bicyclic) bond motifs is 2. The zero-order valence-electron chi connectivity index (χ0n) is 17.5. The molecule has 9 nitrogen and oxygen atoms in total. The largest absolute Gasteiger partial charge is 0.368 e. The van der Waals surface area contributed by atoms with Gasteiger partial charge in [0.25, 0.3) is 0 Å². The van der Waals surface area contributed by atoms with E-state index in [-0.39, 0.29) is 6.03 Å². The molecule has 0 aromatic carbocycles. The van der Waals surface area contributed by atoms with E-state index in [2.05, 4.69) is 43.5 Å². The number of nitrogens with one attached hydrogen (secondary N) is 2. The molecule has 5 heterocycles. The van der Waals surface area contributed by atoms with Crippen molar-refractivity contribution in [2.45, 2.75) is 33.2 Å². The smallest absolute Gasteiger partial charge is 0.328 e. The Morgan fingerprint density at radius 2 is 2.10 bits per heavy atom. The van der Waals surface area contributed by atoms with Crippen molar-refractivity contribution >= 4 is 29.0 Å². The number of piperazine rings is 1. The third-order valence-electron chi connectivity index (χ3n) is 5.76. The lowest BCUT2D eigenvalue weighted by Crippen LogP contribution is -2.49. The second-order valence-corrected chi connectivity index (χ2v) is 8.09. The molecular formula is C21H26N8O. The number of aromatic nitrogens is 4. The molecule has 1 fully saturated rings. The highest BCUT2D eigenvalue weighted by Gasteiger charge is 2.30. The summed E-state index contributed by atoms with van der Waals surface area (Å²) in [7, 11) is 0. The van der Waals surface area contributed by atoms with Crippen molar-refractivity contribution in [3.8, 4) is 0 Å². The molecule has 2 aliphatic rings. The van der Waals surface area contributed by atoms with Gasteiger partial charge in [-0.3, -0.25) is 10.2 Å². The van der Waals surface area contributed by atoms with Crippen molar-refractivity contribution < 1.29 is 4.79 Å². The fourth-order valence-electron chi connectivity index (χ4n) is 4.43. The van der Waals surface area contributed by atoms with Gasteiger partial charge in [0.15, 0.2) is 11.5 Å². The maximum absolute atomic E-state index is 13.1. The molecular weight excluding hydrogens is 380 g/mol. The SMILES string of the molecule is Cc1cn2cc(NC(=O)N3CCc4c(N5CCN[C@@H](C)C5)ccnc43)nc(C)c2n1. The van der Waals surface area contributed by atoms with E-state index in [0.29, 0.717) is 18.4 Å². The van der Waals surface area contributed by atoms with Gasteiger partial charge in [-0.15, -0.1) is 0 Å². The first-order chi connectivity index (χ1) is 14.5. The van der Waals surface area contributed by atoms with Crippen LogP contribution in [0.3, 0.4) is 0 Å². The highest BCUT2D eigenvalue weighted by molar-refractivity contribution is 6.02. The van der Waals surface area contributed by atoms with Gasteiger partial charge >= 0.3 is 6.03 Å². The maximum Gasteiger partial charge on any atom is 0.328 e. The van der Waals surface area contributed by atoms with E-state index in [0.717, 1.165) is 54.5 Å². The fourth-order valence-corrected chi connectivity index (χ4v) is 4.43. The van der Waals surface area contributed by atoms with Gasteiger partial charge in [0.05, 0.1) is 17.6 Å². The third kappa shape index (κ3) is 3.24. The summed E-state index contributed by atoms with van der Waals surface area (Å²) in [5.41, 5.74) is 4.82. The van der Waals surface area contributed by atoms with Gasteiger partial charge in [-0.1, -0.05) is 0 Å². The number of carbonyl (C=O) groups excluding carboxylic acids is 1. The number of anilines is 3. The molecule has 0 aliphatic carbocycles. The number of carbonyl (C=O) groups is 1. The van der Waals surface area contributed by atoms with Crippen LogP contribution in [-0.2, 0) is 6.42 Å². The summed E-state index contributed by atoms with van der Waals surface area (Å²) in [5, 5.41) is 6.41. The molecule has 0 radical (unpaired) electrons. The molecule has 2 amide bonds. The highest BCUT2D eigenvalue weighted by Crippen LogP contribution is 2.34. The highest BCUT2D eigenvalue weighted by atomic mass is 16.2. The van der Waals surface area contributed by atoms with Gasteiger partial charge in [-0.25, -0.2) is 19.7 Å². The molecule has 2 N–H and O–H groups in total. The average Bonchev–Trinajstić information content (AvgIpc) is 3.31. The van der Waals surface area contributed by atoms with Crippen molar-refractivity contribution in [3.05, 3.63) is 41.6 Å². The summed E-state index contributed by atoms with van der Waals surface area (Å²) in [6.07, 6.45) is 6.32. The van der Waals surface area contributed by atoms with Crippen LogP contribution in [0.1, 0.15) is 23.9 Å². The summed E-state index contributed by atoms with van der Waals surface area (Å²) in [6.45, 7) is 9.51. The van der Waals surface area contributed by atoms with Crippen LogP contribution in [0, 0.1) is 13.8 Å². The molecule has 3 aromatic rings. The standard InChI is InChI=1S/C21H26N8O/c1-13-10-27(9-7-22-13)17-4-6-23-20-16(17)5-8-29(20)21(30)26-18-12-28-11-14(2)24-19(28)15(3)25-18/h4,6,11-13,22H,5,7-10H2,1-3H3,(H,26,30)/t13-/m0/s1. The van der Waals surface area contributed by atoms with E-state index in [1.807, 2.05) is 24.4 Å². The van der Waals surface area contributed by atoms with E-state index >= 15 is 0 Å². The maximum atomic E-state index is 13.1. The summed E-state index contributed by atoms with van der Waals surface area (Å²) in [6, 6.07) is 2.30. The molecule has 3 aromatic heterocycles. The van der Waals surface area contributed by atoms with E-state index < -0.39 is 0 Å². The number of rotatable bonds is 2. The molecule has 9 heteroatoms. The van der Waals surface area contributed by atoms with E-state index in [4.69, 9.17) is 0 Å². The topological polar surface area (TPSA) is 90.7 Å². The Morgan fingerprint density at radius 3 is 2.93 bits per heavy atom. The molecule has 156 valence electrons. The molecule has 0 bridgehead atoms. The summed E-state index contributed by atoms with van der Waals surface area (Å²) in [4.78, 5) is 30.7. The Balaban J connectivity index is 1.39. The van der Waals surface area contributed by atoms with Gasteiger partial charge in [-0.05, 0) is 33.3 Å². The lowest BCUT2D eigenvalue weighted by Gasteiger charge is -2.34. The number of hydrogen-bond acceptors (Lipinski definition) is 6. The zero-order chi connectivity index (χ0) is 20.8. The van der Waals surface area contributed by atoms with Gasteiger partial charge in [0, 0.05) is 55.9 Å². The minimum Gasteiger partial charge on any atom is -0.368 e. The Kier molecular flexibility index (Phi) is 4.54. The lowest BCUT2D eigenvalue weighted by molar-refractivity contribution is 0.257. The van der Waals surface area contributed by atoms with E-state index in [1.165, 1.54) is 5.69 Å². The van der Waals surface area contributed by atoms with Crippen LogP contribution in [0.5, 0.6) is 0 Å². The Hall–Kier alpha value is -3.20. The molecule has 1 saturated heterocycles. The van der Waals surface area contributed by atoms with Crippen LogP contribution < -0.4 is 20.4 Å². The van der Waals surface area contributed by atoms with Gasteiger partial charge in [0.1, 0.15) is 5.82 Å². The third-order valence-corrected chi connectivity index (χ3v) is 5.76. The van der Waals surface area contributed by atoms with Gasteiger partial charge in [0.2, 0.25) is 0 Å². The normalized spacial score (nSPS) is 18.7. The van der Waals surface area contributed by atoms with Gasteiger partial charge in [-0.2, -0.15) is 0 Å². The minimum absolute atomic E-state index is 0.213. The van der Waals surface area contributed by atoms with E-state index in [9.17, 15) is 4.79 Å². The van der Waals surface area contributed by atoms with E-state index in [1.54, 1.807) is 17.3 Å². The first kappa shape index (κ1) is 18.8. The van der Waals surface area contributed by atoms with Crippen LogP contribution in [-0.4, -0.2) is 57.6 Å². The lowest BCUT2D eigenvalue weighted by atomic mass is 10.1. The number of aryl methyl sites for hydroxylation is 2. The van der Waals surface area contributed by atoms with Crippen LogP contribution >= 0.6 is 0 Å². The number of imidazole rings is 1. The molecule has 0 spiro atoms. The second-order valence-electron chi connectivity index (χ2n) is 8.09. The average molecular weight is 406 g/mol. The number of urea groups is 1. The quantitative estimate of drug-likeness (QED) is 0.678. The van der Waals surface area contributed by atoms with Crippen LogP contribution in [0.4, 0.5) is 22.1 Å². The molecule has 2 aliphatic heterocycles. The predicted octanol–water partition coefficient (Wildman–Crippen LogP) is 2.13. The summed E-state index contributed by atoms with van der Waals surface area (Å²) < 4.78 is 1.90. The molecule has 0 unspecified atom stereocenters. The number of pyridine rings is 1. The first-order valence-corrected chi connectivity index (χ1v) is 10.4. The van der Waals surface area contributed by atoms with Crippen molar-refractivity contribution in [2.24, 2.45) is 0 Å². The van der Waals surface area contributed by atoms with Crippen molar-refractivity contribution in [2.75, 3.05) is 41.3 Å². The van der Waals surface area contributed by atoms with Crippen molar-refractivity contribution in [1.29, 1.82) is 0 Å². The minimum atomic E-state index is -0.213. The van der Waals surface area contributed by atoms with Crippen LogP contribution in [0.15, 0.2) is 24.7 Å². The summed E-state index contributed by atoms with van der Waals surface area (Å²) in [5.74, 6) is 1.25. The predicted molar refractivity (Wildman–Crippen MR) is 116 cm³/mol. The second kappa shape index (κ2) is 7.24. The van der Waals surface area contributed by atoms with Crippen molar-refractivity contribution in [3.63, 3.8) is 0 Å². The fraction of sp³-hybridized carbons (Fsp3) is 0.429. The number of nitrogens with zero attached hydrogens (tertiary/aromatic N) is 6. The monoisotopic (exact) mass is 406 g/mol. The Morgan fingerprint density at radius 1 is 1.23 bits per heavy atom. The van der Waals surface area contributed by atoms with Crippen molar-refractivity contribution in [1.82, 2.24) is 24.7 Å². The summed E-state index contributed by atoms with van der Waals surface area (Å²) >= 11 is 0. The first-order valence-electron chi connectivity index (χ1n) is 10.4. The number of hydrogen-bond donors (Lipinski definition) is 2. The van der Waals surface area contributed by atoms with Crippen LogP contribution in [0.25, 0.3) is 5.65 Å².